The Hall–Kier alpha value is -2.13. The number of rotatable bonds is 9. The van der Waals surface area contributed by atoms with Gasteiger partial charge in [-0.2, -0.15) is 0 Å². The monoisotopic (exact) mass is 563 g/mol. The first-order chi connectivity index (χ1) is 18.2. The van der Waals surface area contributed by atoms with Crippen molar-refractivity contribution in [3.8, 4) is 0 Å². The minimum Gasteiger partial charge on any atom is -0.379 e. The summed E-state index contributed by atoms with van der Waals surface area (Å²) >= 11 is 12.2. The lowest BCUT2D eigenvalue weighted by molar-refractivity contribution is -0.141. The van der Waals surface area contributed by atoms with E-state index in [1.54, 1.807) is 23.1 Å². The van der Waals surface area contributed by atoms with Crippen molar-refractivity contribution in [3.05, 3.63) is 40.4 Å². The lowest BCUT2D eigenvalue weighted by Crippen LogP contribution is -2.56. The van der Waals surface area contributed by atoms with Gasteiger partial charge in [0.05, 0.1) is 24.0 Å². The number of fused-ring (bicyclic) bond motifs is 1. The van der Waals surface area contributed by atoms with Crippen molar-refractivity contribution in [3.63, 3.8) is 0 Å². The first-order valence-corrected chi connectivity index (χ1v) is 14.3. The number of nitrogens with zero attached hydrogens (tertiary/aromatic N) is 1. The van der Waals surface area contributed by atoms with Crippen molar-refractivity contribution in [2.24, 2.45) is 11.8 Å². The van der Waals surface area contributed by atoms with E-state index in [1.807, 2.05) is 26.0 Å². The molecule has 3 aliphatic heterocycles. The van der Waals surface area contributed by atoms with Gasteiger partial charge in [-0.25, -0.2) is 0 Å². The van der Waals surface area contributed by atoms with Crippen LogP contribution in [0.5, 0.6) is 0 Å². The first kappa shape index (κ1) is 27.4. The zero-order chi connectivity index (χ0) is 27.0. The smallest absolute Gasteiger partial charge is 0.246 e. The van der Waals surface area contributed by atoms with Gasteiger partial charge in [0.2, 0.25) is 17.7 Å². The van der Waals surface area contributed by atoms with Crippen LogP contribution in [0.1, 0.15) is 52.4 Å². The molecular formula is C28H35Cl2N3O5. The highest BCUT2D eigenvalue weighted by atomic mass is 35.5. The predicted octanol–water partition coefficient (Wildman–Crippen LogP) is 4.35. The lowest BCUT2D eigenvalue weighted by Gasteiger charge is -2.34. The van der Waals surface area contributed by atoms with E-state index in [1.165, 1.54) is 6.42 Å². The number of ether oxygens (including phenoxy) is 2. The van der Waals surface area contributed by atoms with E-state index in [2.05, 4.69) is 10.6 Å². The topological polar surface area (TPSA) is 97.0 Å². The Morgan fingerprint density at radius 1 is 1.13 bits per heavy atom. The zero-order valence-electron chi connectivity index (χ0n) is 21.8. The van der Waals surface area contributed by atoms with Gasteiger partial charge in [0.15, 0.2) is 0 Å². The number of amides is 3. The van der Waals surface area contributed by atoms with E-state index in [-0.39, 0.29) is 29.9 Å². The van der Waals surface area contributed by atoms with E-state index >= 15 is 0 Å². The van der Waals surface area contributed by atoms with Crippen LogP contribution in [0, 0.1) is 11.8 Å². The summed E-state index contributed by atoms with van der Waals surface area (Å²) < 4.78 is 12.1. The lowest BCUT2D eigenvalue weighted by atomic mass is 9.74. The number of hydrogen-bond donors (Lipinski definition) is 2. The summed E-state index contributed by atoms with van der Waals surface area (Å²) in [5.41, 5.74) is -0.749. The molecular weight excluding hydrogens is 529 g/mol. The SMILES string of the molecule is CC(C)OCCCN1C(=O)[C@@H]2C(C(=O)Nc3cc(Cl)cc(Cl)c3)[C@@H]3C=CC2(O3)C1C(=O)NC1CCCCC1. The molecule has 2 N–H and O–H groups in total. The van der Waals surface area contributed by atoms with Crippen molar-refractivity contribution in [2.75, 3.05) is 18.5 Å². The molecule has 3 amide bonds. The van der Waals surface area contributed by atoms with Crippen molar-refractivity contribution >= 4 is 46.6 Å². The fourth-order valence-electron chi connectivity index (χ4n) is 6.44. The highest BCUT2D eigenvalue weighted by molar-refractivity contribution is 6.35. The van der Waals surface area contributed by atoms with E-state index in [0.29, 0.717) is 35.3 Å². The summed E-state index contributed by atoms with van der Waals surface area (Å²) in [6.45, 7) is 4.72. The number of carbonyl (C=O) groups excluding carboxylic acids is 3. The Kier molecular flexibility index (Phi) is 8.06. The van der Waals surface area contributed by atoms with Gasteiger partial charge in [-0.15, -0.1) is 0 Å². The summed E-state index contributed by atoms with van der Waals surface area (Å²) in [5.74, 6) is -2.42. The average molecular weight is 565 g/mol. The van der Waals surface area contributed by atoms with E-state index in [4.69, 9.17) is 32.7 Å². The molecule has 5 rings (SSSR count). The molecule has 8 nitrogen and oxygen atoms in total. The summed E-state index contributed by atoms with van der Waals surface area (Å²) in [7, 11) is 0. The molecule has 4 aliphatic rings. The maximum absolute atomic E-state index is 14.0. The molecule has 1 aromatic carbocycles. The number of carbonyl (C=O) groups is 3. The maximum Gasteiger partial charge on any atom is 0.246 e. The Morgan fingerprint density at radius 3 is 2.53 bits per heavy atom. The molecule has 3 unspecified atom stereocenters. The van der Waals surface area contributed by atoms with E-state index < -0.39 is 29.6 Å². The Labute approximate surface area is 233 Å². The summed E-state index contributed by atoms with van der Waals surface area (Å²) in [6, 6.07) is 4.02. The van der Waals surface area contributed by atoms with Crippen LogP contribution >= 0.6 is 23.2 Å². The van der Waals surface area contributed by atoms with Crippen molar-refractivity contribution in [1.29, 1.82) is 0 Å². The second kappa shape index (κ2) is 11.2. The second-order valence-electron chi connectivity index (χ2n) is 11.0. The summed E-state index contributed by atoms with van der Waals surface area (Å²) in [6.07, 6.45) is 8.86. The molecule has 1 spiro atoms. The van der Waals surface area contributed by atoms with Crippen molar-refractivity contribution < 1.29 is 23.9 Å². The third kappa shape index (κ3) is 5.20. The summed E-state index contributed by atoms with van der Waals surface area (Å²) in [4.78, 5) is 42.9. The molecule has 2 bridgehead atoms. The molecule has 206 valence electrons. The molecule has 3 heterocycles. The molecule has 38 heavy (non-hydrogen) atoms. The molecule has 5 atom stereocenters. The molecule has 1 aromatic rings. The average Bonchev–Trinajstić information content (AvgIpc) is 3.49. The van der Waals surface area contributed by atoms with Gasteiger partial charge in [-0.1, -0.05) is 54.6 Å². The van der Waals surface area contributed by atoms with Crippen LogP contribution < -0.4 is 10.6 Å². The van der Waals surface area contributed by atoms with Gasteiger partial charge < -0.3 is 25.0 Å². The first-order valence-electron chi connectivity index (χ1n) is 13.6. The highest BCUT2D eigenvalue weighted by Crippen LogP contribution is 2.55. The molecule has 0 radical (unpaired) electrons. The molecule has 2 saturated heterocycles. The Morgan fingerprint density at radius 2 is 1.84 bits per heavy atom. The standard InChI is InChI=1S/C28H35Cl2N3O5/c1-16(2)37-12-6-11-33-24(26(35)31-19-7-4-3-5-8-19)28-10-9-21(38-28)22(23(28)27(33)36)25(34)32-20-14-17(29)13-18(30)15-20/h9-10,13-16,19,21-24H,3-8,11-12H2,1-2H3,(H,31,35)(H,32,34)/t21-,22?,23-,24?,28?/m0/s1. The van der Waals surface area contributed by atoms with Gasteiger partial charge in [-0.3, -0.25) is 14.4 Å². The van der Waals surface area contributed by atoms with E-state index in [0.717, 1.165) is 25.7 Å². The third-order valence-corrected chi connectivity index (χ3v) is 8.44. The Bertz CT molecular complexity index is 1100. The van der Waals surface area contributed by atoms with Crippen LogP contribution in [0.3, 0.4) is 0 Å². The maximum atomic E-state index is 14.0. The third-order valence-electron chi connectivity index (χ3n) is 8.00. The van der Waals surface area contributed by atoms with Crippen LogP contribution in [0.4, 0.5) is 5.69 Å². The number of likely N-dealkylation sites (tertiary alicyclic amines) is 1. The molecule has 0 aromatic heterocycles. The van der Waals surface area contributed by atoms with Gasteiger partial charge in [-0.05, 0) is 51.3 Å². The fraction of sp³-hybridized carbons (Fsp3) is 0.607. The van der Waals surface area contributed by atoms with Gasteiger partial charge in [0.1, 0.15) is 11.6 Å². The van der Waals surface area contributed by atoms with Gasteiger partial charge in [0, 0.05) is 34.9 Å². The summed E-state index contributed by atoms with van der Waals surface area (Å²) in [5, 5.41) is 6.83. The largest absolute Gasteiger partial charge is 0.379 e. The normalized spacial score (nSPS) is 30.2. The zero-order valence-corrected chi connectivity index (χ0v) is 23.3. The van der Waals surface area contributed by atoms with Crippen LogP contribution in [0.2, 0.25) is 10.0 Å². The van der Waals surface area contributed by atoms with Crippen LogP contribution in [0.25, 0.3) is 0 Å². The molecule has 1 saturated carbocycles. The van der Waals surface area contributed by atoms with Crippen molar-refractivity contribution in [2.45, 2.75) is 82.3 Å². The predicted molar refractivity (Wildman–Crippen MR) is 145 cm³/mol. The molecule has 1 aliphatic carbocycles. The fourth-order valence-corrected chi connectivity index (χ4v) is 6.97. The minimum absolute atomic E-state index is 0.0718. The van der Waals surface area contributed by atoms with Crippen LogP contribution in [0.15, 0.2) is 30.4 Å². The van der Waals surface area contributed by atoms with Crippen molar-refractivity contribution in [1.82, 2.24) is 10.2 Å². The van der Waals surface area contributed by atoms with E-state index in [9.17, 15) is 14.4 Å². The highest BCUT2D eigenvalue weighted by Gasteiger charge is 2.72. The number of hydrogen-bond acceptors (Lipinski definition) is 5. The second-order valence-corrected chi connectivity index (χ2v) is 11.9. The number of anilines is 1. The number of benzene rings is 1. The molecule has 3 fully saturated rings. The van der Waals surface area contributed by atoms with Gasteiger partial charge in [0.25, 0.3) is 0 Å². The van der Waals surface area contributed by atoms with Gasteiger partial charge >= 0.3 is 0 Å². The minimum atomic E-state index is -1.19. The quantitative estimate of drug-likeness (QED) is 0.344. The Balaban J connectivity index is 1.40. The van der Waals surface area contributed by atoms with Crippen LogP contribution in [-0.4, -0.2) is 65.7 Å². The number of halogens is 2. The number of nitrogens with one attached hydrogen (secondary N) is 2. The van der Waals surface area contributed by atoms with Crippen LogP contribution in [-0.2, 0) is 23.9 Å². The molecule has 10 heteroatoms.